The van der Waals surface area contributed by atoms with E-state index in [0.717, 1.165) is 28.1 Å². The molecule has 30 heavy (non-hydrogen) atoms. The number of aromatic amines is 1. The molecule has 0 bridgehead atoms. The Morgan fingerprint density at radius 2 is 1.80 bits per heavy atom. The van der Waals surface area contributed by atoms with E-state index in [0.29, 0.717) is 24.1 Å². The molecular formula is C23H22N5O2+. The lowest BCUT2D eigenvalue weighted by Gasteiger charge is -2.19. The first-order valence-electron chi connectivity index (χ1n) is 9.70. The zero-order valence-corrected chi connectivity index (χ0v) is 16.5. The lowest BCUT2D eigenvalue weighted by atomic mass is 10.1. The summed E-state index contributed by atoms with van der Waals surface area (Å²) in [5, 5.41) is 3.11. The maximum absolute atomic E-state index is 6.06. The summed E-state index contributed by atoms with van der Waals surface area (Å²) in [7, 11) is 1.64. The molecule has 3 aromatic carbocycles. The third-order valence-electron chi connectivity index (χ3n) is 5.13. The summed E-state index contributed by atoms with van der Waals surface area (Å²) in [6.45, 7) is 0.469. The van der Waals surface area contributed by atoms with Gasteiger partial charge in [-0.3, -0.25) is 0 Å². The van der Waals surface area contributed by atoms with Crippen molar-refractivity contribution < 1.29 is 14.0 Å². The van der Waals surface area contributed by atoms with Crippen LogP contribution in [-0.2, 0) is 6.61 Å². The van der Waals surface area contributed by atoms with Crippen LogP contribution < -0.4 is 25.1 Å². The van der Waals surface area contributed by atoms with Crippen LogP contribution in [0.15, 0.2) is 77.8 Å². The molecule has 4 aromatic rings. The Morgan fingerprint density at radius 1 is 1.00 bits per heavy atom. The largest absolute Gasteiger partial charge is 0.493 e. The first-order valence-corrected chi connectivity index (χ1v) is 9.70. The third kappa shape index (κ3) is 3.20. The van der Waals surface area contributed by atoms with Crippen molar-refractivity contribution in [2.24, 2.45) is 10.7 Å². The maximum atomic E-state index is 6.06. The highest BCUT2D eigenvalue weighted by atomic mass is 16.5. The fraction of sp³-hybridized carbons (Fsp3) is 0.130. The number of rotatable bonds is 5. The molecule has 0 saturated heterocycles. The zero-order valence-electron chi connectivity index (χ0n) is 16.5. The second-order valence-corrected chi connectivity index (χ2v) is 7.06. The van der Waals surface area contributed by atoms with Crippen LogP contribution >= 0.6 is 0 Å². The molecule has 0 fully saturated rings. The number of nitrogens with one attached hydrogen (secondary N) is 2. The Labute approximate surface area is 173 Å². The van der Waals surface area contributed by atoms with Crippen molar-refractivity contribution in [2.75, 3.05) is 12.4 Å². The number of guanidine groups is 1. The first-order chi connectivity index (χ1) is 14.7. The van der Waals surface area contributed by atoms with E-state index >= 15 is 0 Å². The number of methoxy groups -OCH3 is 1. The highest BCUT2D eigenvalue weighted by Crippen LogP contribution is 2.33. The molecule has 150 valence electrons. The fourth-order valence-corrected chi connectivity index (χ4v) is 3.71. The zero-order chi connectivity index (χ0) is 20.5. The Kier molecular flexibility index (Phi) is 4.48. The van der Waals surface area contributed by atoms with Crippen LogP contribution in [0.4, 0.5) is 5.95 Å². The van der Waals surface area contributed by atoms with E-state index in [-0.39, 0.29) is 6.17 Å². The SMILES string of the molecule is COc1cc([C@@H]2N=C(N)Nc3[nH]c4ccccc4[n+]32)ccc1OCc1ccccc1. The van der Waals surface area contributed by atoms with Crippen LogP contribution in [-0.4, -0.2) is 18.1 Å². The minimum absolute atomic E-state index is 0.325. The van der Waals surface area contributed by atoms with Gasteiger partial charge in [-0.25, -0.2) is 14.9 Å². The molecule has 7 nitrogen and oxygen atoms in total. The van der Waals surface area contributed by atoms with Crippen LogP contribution in [0.25, 0.3) is 11.0 Å². The highest BCUT2D eigenvalue weighted by Gasteiger charge is 2.31. The number of nitrogens with two attached hydrogens (primary N) is 1. The quantitative estimate of drug-likeness (QED) is 0.449. The molecule has 1 aromatic heterocycles. The van der Waals surface area contributed by atoms with Gasteiger partial charge in [0, 0.05) is 5.56 Å². The summed E-state index contributed by atoms with van der Waals surface area (Å²) in [5.74, 6) is 2.48. The van der Waals surface area contributed by atoms with E-state index in [1.807, 2.05) is 66.7 Å². The van der Waals surface area contributed by atoms with Crippen LogP contribution in [0.3, 0.4) is 0 Å². The second kappa shape index (κ2) is 7.44. The van der Waals surface area contributed by atoms with Gasteiger partial charge in [0.1, 0.15) is 17.6 Å². The number of aromatic nitrogens is 2. The molecule has 0 aliphatic carbocycles. The van der Waals surface area contributed by atoms with E-state index in [1.54, 1.807) is 7.11 Å². The summed E-state index contributed by atoms with van der Waals surface area (Å²) < 4.78 is 13.7. The van der Waals surface area contributed by atoms with Crippen LogP contribution in [0, 0.1) is 0 Å². The van der Waals surface area contributed by atoms with Crippen molar-refractivity contribution >= 4 is 22.9 Å². The molecule has 0 radical (unpaired) electrons. The Morgan fingerprint density at radius 3 is 2.63 bits per heavy atom. The number of imidazole rings is 1. The number of ether oxygens (including phenoxy) is 2. The average molecular weight is 400 g/mol. The van der Waals surface area contributed by atoms with Gasteiger partial charge < -0.3 is 15.2 Å². The minimum Gasteiger partial charge on any atom is -0.493 e. The monoisotopic (exact) mass is 400 g/mol. The van der Waals surface area contributed by atoms with Crippen molar-refractivity contribution in [3.8, 4) is 11.5 Å². The fourth-order valence-electron chi connectivity index (χ4n) is 3.71. The number of benzene rings is 3. The van der Waals surface area contributed by atoms with Gasteiger partial charge in [0.25, 0.3) is 5.96 Å². The van der Waals surface area contributed by atoms with Crippen molar-refractivity contribution in [2.45, 2.75) is 12.8 Å². The highest BCUT2D eigenvalue weighted by molar-refractivity contribution is 5.92. The molecule has 0 saturated carbocycles. The predicted octanol–water partition coefficient (Wildman–Crippen LogP) is 3.33. The summed E-state index contributed by atoms with van der Waals surface area (Å²) >= 11 is 0. The van der Waals surface area contributed by atoms with Gasteiger partial charge >= 0.3 is 5.95 Å². The van der Waals surface area contributed by atoms with E-state index in [1.165, 1.54) is 0 Å². The molecule has 4 N–H and O–H groups in total. The minimum atomic E-state index is -0.325. The Bertz CT molecular complexity index is 1230. The van der Waals surface area contributed by atoms with Gasteiger partial charge in [0.05, 0.1) is 7.11 Å². The predicted molar refractivity (Wildman–Crippen MR) is 116 cm³/mol. The number of para-hydroxylation sites is 2. The summed E-state index contributed by atoms with van der Waals surface area (Å²) in [6.07, 6.45) is -0.325. The normalized spacial score (nSPS) is 15.2. The number of fused-ring (bicyclic) bond motifs is 3. The van der Waals surface area contributed by atoms with Crippen LogP contribution in [0.1, 0.15) is 17.3 Å². The number of anilines is 1. The third-order valence-corrected chi connectivity index (χ3v) is 5.13. The summed E-state index contributed by atoms with van der Waals surface area (Å²) in [4.78, 5) is 8.00. The van der Waals surface area contributed by atoms with E-state index in [2.05, 4.69) is 25.9 Å². The molecule has 1 aliphatic rings. The standard InChI is InChI=1S/C23H21N5O2/c1-29-20-13-16(11-12-19(20)30-14-15-7-3-2-4-8-15)21-26-22(24)27-23-25-17-9-5-6-10-18(17)28(21)23/h2-13,21H,14H2,1H3,(H3,24,25,26,27)/p+1/t21-/m1/s1. The van der Waals surface area contributed by atoms with Gasteiger partial charge in [-0.05, 0) is 35.9 Å². The topological polar surface area (TPSA) is 88.5 Å². The molecule has 2 heterocycles. The molecule has 0 unspecified atom stereocenters. The molecule has 0 amide bonds. The molecule has 5 rings (SSSR count). The summed E-state index contributed by atoms with van der Waals surface area (Å²) in [6, 6.07) is 24.0. The molecule has 1 atom stereocenters. The number of hydrogen-bond acceptors (Lipinski definition) is 5. The second-order valence-electron chi connectivity index (χ2n) is 7.06. The van der Waals surface area contributed by atoms with Gasteiger partial charge in [0.2, 0.25) is 6.17 Å². The Hall–Kier alpha value is -4.00. The lowest BCUT2D eigenvalue weighted by Crippen LogP contribution is -2.48. The number of H-pyrrole nitrogens is 1. The van der Waals surface area contributed by atoms with Gasteiger partial charge in [-0.2, -0.15) is 4.99 Å². The van der Waals surface area contributed by atoms with Gasteiger partial charge in [0.15, 0.2) is 11.5 Å². The molecule has 1 aliphatic heterocycles. The number of hydrogen-bond donors (Lipinski definition) is 3. The molecule has 0 spiro atoms. The smallest absolute Gasteiger partial charge is 0.365 e. The van der Waals surface area contributed by atoms with Gasteiger partial charge in [-0.1, -0.05) is 42.5 Å². The Balaban J connectivity index is 1.50. The van der Waals surface area contributed by atoms with E-state index in [4.69, 9.17) is 15.2 Å². The van der Waals surface area contributed by atoms with Crippen molar-refractivity contribution in [3.05, 3.63) is 83.9 Å². The van der Waals surface area contributed by atoms with Crippen molar-refractivity contribution in [1.82, 2.24) is 4.98 Å². The van der Waals surface area contributed by atoms with Gasteiger partial charge in [-0.15, -0.1) is 0 Å². The summed E-state index contributed by atoms with van der Waals surface area (Å²) in [5.41, 5.74) is 10.1. The lowest BCUT2D eigenvalue weighted by molar-refractivity contribution is -0.674. The first kappa shape index (κ1) is 18.1. The van der Waals surface area contributed by atoms with Crippen LogP contribution in [0.5, 0.6) is 11.5 Å². The number of nitrogens with zero attached hydrogens (tertiary/aromatic N) is 2. The van der Waals surface area contributed by atoms with E-state index in [9.17, 15) is 0 Å². The molecular weight excluding hydrogens is 378 g/mol. The maximum Gasteiger partial charge on any atom is 0.365 e. The van der Waals surface area contributed by atoms with Crippen LogP contribution in [0.2, 0.25) is 0 Å². The van der Waals surface area contributed by atoms with Crippen molar-refractivity contribution in [3.63, 3.8) is 0 Å². The molecule has 7 heteroatoms. The average Bonchev–Trinajstić information content (AvgIpc) is 3.16. The van der Waals surface area contributed by atoms with Crippen molar-refractivity contribution in [1.29, 1.82) is 0 Å². The number of aliphatic imine (C=N–C) groups is 1. The van der Waals surface area contributed by atoms with E-state index < -0.39 is 0 Å².